The molecule has 2 N–H and O–H groups in total. The van der Waals surface area contributed by atoms with Gasteiger partial charge in [-0.05, 0) is 20.2 Å². The van der Waals surface area contributed by atoms with E-state index in [1.54, 1.807) is 6.07 Å². The zero-order chi connectivity index (χ0) is 12.1. The van der Waals surface area contributed by atoms with E-state index in [0.29, 0.717) is 12.4 Å². The van der Waals surface area contributed by atoms with E-state index in [1.807, 2.05) is 19.0 Å². The molecule has 0 aliphatic carbocycles. The van der Waals surface area contributed by atoms with Gasteiger partial charge in [0.15, 0.2) is 0 Å². The molecular formula is C10H15N3O3. The monoisotopic (exact) mass is 225 g/mol. The summed E-state index contributed by atoms with van der Waals surface area (Å²) >= 11 is 0. The van der Waals surface area contributed by atoms with Gasteiger partial charge in [-0.3, -0.25) is 10.1 Å². The molecular weight excluding hydrogens is 210 g/mol. The highest BCUT2D eigenvalue weighted by atomic mass is 16.6. The fourth-order valence-electron chi connectivity index (χ4n) is 1.13. The van der Waals surface area contributed by atoms with E-state index in [0.717, 1.165) is 6.54 Å². The number of nitro benzene ring substituents is 1. The maximum atomic E-state index is 10.5. The lowest BCUT2D eigenvalue weighted by Gasteiger charge is -2.11. The number of nitrogens with two attached hydrogens (primary N) is 1. The quantitative estimate of drug-likeness (QED) is 0.461. The molecule has 0 aromatic heterocycles. The van der Waals surface area contributed by atoms with Gasteiger partial charge in [-0.1, -0.05) is 0 Å². The van der Waals surface area contributed by atoms with Crippen LogP contribution in [0.25, 0.3) is 0 Å². The second-order valence-electron chi connectivity index (χ2n) is 3.63. The lowest BCUT2D eigenvalue weighted by molar-refractivity contribution is -0.383. The zero-order valence-corrected chi connectivity index (χ0v) is 9.34. The maximum Gasteiger partial charge on any atom is 0.292 e. The molecule has 0 aliphatic rings. The standard InChI is InChI=1S/C10H15N3O3/c1-12(2)5-6-16-8-3-4-10(13(14)15)9(11)7-8/h3-4,7H,5-6,11H2,1-2H3. The van der Waals surface area contributed by atoms with Crippen LogP contribution in [0, 0.1) is 10.1 Å². The lowest BCUT2D eigenvalue weighted by Crippen LogP contribution is -2.19. The second kappa shape index (κ2) is 5.32. The molecule has 0 spiro atoms. The number of nitrogens with zero attached hydrogens (tertiary/aromatic N) is 2. The molecule has 0 radical (unpaired) electrons. The number of benzene rings is 1. The third-order valence-electron chi connectivity index (χ3n) is 2.00. The summed E-state index contributed by atoms with van der Waals surface area (Å²) in [6, 6.07) is 4.36. The Balaban J connectivity index is 2.63. The predicted octanol–water partition coefficient (Wildman–Crippen LogP) is 1.12. The SMILES string of the molecule is CN(C)CCOc1ccc([N+](=O)[O-])c(N)c1. The van der Waals surface area contributed by atoms with E-state index in [4.69, 9.17) is 10.5 Å². The summed E-state index contributed by atoms with van der Waals surface area (Å²) in [5.74, 6) is 0.546. The Morgan fingerprint density at radius 2 is 2.19 bits per heavy atom. The molecule has 6 nitrogen and oxygen atoms in total. The van der Waals surface area contributed by atoms with Crippen LogP contribution in [0.15, 0.2) is 18.2 Å². The number of ether oxygens (including phenoxy) is 1. The summed E-state index contributed by atoms with van der Waals surface area (Å²) in [6.07, 6.45) is 0. The summed E-state index contributed by atoms with van der Waals surface area (Å²) in [6.45, 7) is 1.29. The number of hydrogen-bond acceptors (Lipinski definition) is 5. The number of likely N-dealkylation sites (N-methyl/N-ethyl adjacent to an activating group) is 1. The van der Waals surface area contributed by atoms with Crippen LogP contribution in [0.5, 0.6) is 5.75 Å². The van der Waals surface area contributed by atoms with Crippen LogP contribution >= 0.6 is 0 Å². The van der Waals surface area contributed by atoms with Crippen molar-refractivity contribution in [3.05, 3.63) is 28.3 Å². The van der Waals surface area contributed by atoms with E-state index in [2.05, 4.69) is 0 Å². The highest BCUT2D eigenvalue weighted by molar-refractivity contribution is 5.60. The minimum atomic E-state index is -0.515. The van der Waals surface area contributed by atoms with Crippen LogP contribution < -0.4 is 10.5 Å². The van der Waals surface area contributed by atoms with Crippen molar-refractivity contribution in [3.63, 3.8) is 0 Å². The van der Waals surface area contributed by atoms with Gasteiger partial charge in [0, 0.05) is 18.7 Å². The van der Waals surface area contributed by atoms with Crippen LogP contribution in [0.2, 0.25) is 0 Å². The van der Waals surface area contributed by atoms with E-state index in [-0.39, 0.29) is 11.4 Å². The molecule has 1 aromatic rings. The summed E-state index contributed by atoms with van der Waals surface area (Å²) in [5.41, 5.74) is 5.54. The highest BCUT2D eigenvalue weighted by Gasteiger charge is 2.11. The first kappa shape index (κ1) is 12.3. The Bertz CT molecular complexity index is 380. The molecule has 0 unspecified atom stereocenters. The molecule has 1 aromatic carbocycles. The normalized spacial score (nSPS) is 10.4. The fourth-order valence-corrected chi connectivity index (χ4v) is 1.13. The molecule has 0 amide bonds. The van der Waals surface area contributed by atoms with Crippen LogP contribution in [0.4, 0.5) is 11.4 Å². The minimum Gasteiger partial charge on any atom is -0.492 e. The molecule has 0 heterocycles. The van der Waals surface area contributed by atoms with Crippen molar-refractivity contribution in [2.45, 2.75) is 0 Å². The third-order valence-corrected chi connectivity index (χ3v) is 2.00. The van der Waals surface area contributed by atoms with Crippen LogP contribution in [-0.4, -0.2) is 37.1 Å². The molecule has 0 saturated carbocycles. The molecule has 0 saturated heterocycles. The van der Waals surface area contributed by atoms with Crippen molar-refractivity contribution in [3.8, 4) is 5.75 Å². The molecule has 88 valence electrons. The molecule has 0 bridgehead atoms. The maximum absolute atomic E-state index is 10.5. The molecule has 6 heteroatoms. The molecule has 0 fully saturated rings. The largest absolute Gasteiger partial charge is 0.492 e. The van der Waals surface area contributed by atoms with E-state index >= 15 is 0 Å². The minimum absolute atomic E-state index is 0.0973. The van der Waals surface area contributed by atoms with E-state index in [1.165, 1.54) is 12.1 Å². The van der Waals surface area contributed by atoms with Crippen molar-refractivity contribution in [2.75, 3.05) is 33.0 Å². The van der Waals surface area contributed by atoms with Gasteiger partial charge in [0.2, 0.25) is 0 Å². The Hall–Kier alpha value is -1.82. The summed E-state index contributed by atoms with van der Waals surface area (Å²) in [7, 11) is 3.88. The van der Waals surface area contributed by atoms with Crippen LogP contribution in [0.3, 0.4) is 0 Å². The second-order valence-corrected chi connectivity index (χ2v) is 3.63. The average Bonchev–Trinajstić information content (AvgIpc) is 2.16. The zero-order valence-electron chi connectivity index (χ0n) is 9.34. The van der Waals surface area contributed by atoms with Gasteiger partial charge in [-0.2, -0.15) is 0 Å². The number of rotatable bonds is 5. The van der Waals surface area contributed by atoms with Crippen molar-refractivity contribution in [2.24, 2.45) is 0 Å². The Kier molecular flexibility index (Phi) is 4.07. The first-order valence-electron chi connectivity index (χ1n) is 4.82. The fraction of sp³-hybridized carbons (Fsp3) is 0.400. The summed E-state index contributed by atoms with van der Waals surface area (Å²) in [4.78, 5) is 12.0. The van der Waals surface area contributed by atoms with Crippen LogP contribution in [-0.2, 0) is 0 Å². The third kappa shape index (κ3) is 3.39. The molecule has 1 rings (SSSR count). The number of nitrogen functional groups attached to an aromatic ring is 1. The predicted molar refractivity (Wildman–Crippen MR) is 61.6 cm³/mol. The number of hydrogen-bond donors (Lipinski definition) is 1. The van der Waals surface area contributed by atoms with Gasteiger partial charge in [0.05, 0.1) is 4.92 Å². The highest BCUT2D eigenvalue weighted by Crippen LogP contribution is 2.25. The number of anilines is 1. The van der Waals surface area contributed by atoms with Crippen molar-refractivity contribution in [1.82, 2.24) is 4.90 Å². The molecule has 0 atom stereocenters. The Labute approximate surface area is 93.8 Å². The van der Waals surface area contributed by atoms with Gasteiger partial charge in [0.1, 0.15) is 18.0 Å². The van der Waals surface area contributed by atoms with E-state index in [9.17, 15) is 10.1 Å². The van der Waals surface area contributed by atoms with Gasteiger partial charge in [-0.15, -0.1) is 0 Å². The van der Waals surface area contributed by atoms with Gasteiger partial charge < -0.3 is 15.4 Å². The van der Waals surface area contributed by atoms with Crippen molar-refractivity contribution < 1.29 is 9.66 Å². The first-order chi connectivity index (χ1) is 7.50. The van der Waals surface area contributed by atoms with Crippen molar-refractivity contribution >= 4 is 11.4 Å². The average molecular weight is 225 g/mol. The smallest absolute Gasteiger partial charge is 0.292 e. The summed E-state index contributed by atoms with van der Waals surface area (Å²) < 4.78 is 5.39. The lowest BCUT2D eigenvalue weighted by atomic mass is 10.2. The van der Waals surface area contributed by atoms with Crippen LogP contribution in [0.1, 0.15) is 0 Å². The Morgan fingerprint density at radius 3 is 2.69 bits per heavy atom. The Morgan fingerprint density at radius 1 is 1.50 bits per heavy atom. The van der Waals surface area contributed by atoms with Gasteiger partial charge >= 0.3 is 0 Å². The van der Waals surface area contributed by atoms with E-state index < -0.39 is 4.92 Å². The van der Waals surface area contributed by atoms with Gasteiger partial charge in [0.25, 0.3) is 5.69 Å². The molecule has 0 aliphatic heterocycles. The van der Waals surface area contributed by atoms with Crippen molar-refractivity contribution in [1.29, 1.82) is 0 Å². The summed E-state index contributed by atoms with van der Waals surface area (Å²) in [5, 5.41) is 10.5. The topological polar surface area (TPSA) is 81.6 Å². The van der Waals surface area contributed by atoms with Gasteiger partial charge in [-0.25, -0.2) is 0 Å². The first-order valence-corrected chi connectivity index (χ1v) is 4.82. The molecule has 16 heavy (non-hydrogen) atoms. The number of nitro groups is 1.